The summed E-state index contributed by atoms with van der Waals surface area (Å²) in [7, 11) is 1.67. The molecule has 1 aliphatic rings. The average molecular weight is 288 g/mol. The highest BCUT2D eigenvalue weighted by Gasteiger charge is 2.32. The molecule has 1 fully saturated rings. The minimum atomic E-state index is 0.320. The Morgan fingerprint density at radius 1 is 1.15 bits per heavy atom. The topological polar surface area (TPSA) is 21.3 Å². The van der Waals surface area contributed by atoms with Gasteiger partial charge in [-0.15, -0.1) is 0 Å². The molecule has 1 unspecified atom stereocenters. The molecule has 104 valence electrons. The van der Waals surface area contributed by atoms with Crippen LogP contribution in [0, 0.1) is 5.92 Å². The number of anilines is 1. The van der Waals surface area contributed by atoms with E-state index in [0.717, 1.165) is 16.5 Å². The molecule has 0 radical (unpaired) electrons. The number of halogens is 1. The molecule has 0 saturated heterocycles. The summed E-state index contributed by atoms with van der Waals surface area (Å²) in [6.07, 6.45) is 2.54. The van der Waals surface area contributed by atoms with E-state index in [-0.39, 0.29) is 0 Å². The van der Waals surface area contributed by atoms with Gasteiger partial charge in [0.05, 0.1) is 23.9 Å². The zero-order chi connectivity index (χ0) is 13.9. The Bertz CT molecular complexity index is 581. The van der Waals surface area contributed by atoms with Crippen LogP contribution in [0.4, 0.5) is 5.69 Å². The number of methoxy groups -OCH3 is 1. The molecule has 1 N–H and O–H groups in total. The fraction of sp³-hybridized carbons (Fsp3) is 0.294. The lowest BCUT2D eigenvalue weighted by Gasteiger charge is -2.21. The predicted molar refractivity (Wildman–Crippen MR) is 83.5 cm³/mol. The summed E-state index contributed by atoms with van der Waals surface area (Å²) in [6, 6.07) is 16.6. The molecule has 0 amide bonds. The lowest BCUT2D eigenvalue weighted by Crippen LogP contribution is -2.13. The first kappa shape index (κ1) is 13.3. The van der Waals surface area contributed by atoms with Gasteiger partial charge >= 0.3 is 0 Å². The first-order chi connectivity index (χ1) is 9.78. The fourth-order valence-corrected chi connectivity index (χ4v) is 2.64. The van der Waals surface area contributed by atoms with Crippen LogP contribution in [0.2, 0.25) is 5.02 Å². The second-order valence-corrected chi connectivity index (χ2v) is 5.62. The summed E-state index contributed by atoms with van der Waals surface area (Å²) in [6.45, 7) is 0. The third kappa shape index (κ3) is 2.91. The molecule has 0 heterocycles. The normalized spacial score (nSPS) is 15.7. The van der Waals surface area contributed by atoms with Gasteiger partial charge in [-0.3, -0.25) is 0 Å². The molecule has 0 aliphatic heterocycles. The molecule has 2 aromatic carbocycles. The summed E-state index contributed by atoms with van der Waals surface area (Å²) in [4.78, 5) is 0. The van der Waals surface area contributed by atoms with E-state index in [1.54, 1.807) is 7.11 Å². The van der Waals surface area contributed by atoms with Crippen molar-refractivity contribution in [2.75, 3.05) is 12.4 Å². The molecule has 1 aliphatic carbocycles. The summed E-state index contributed by atoms with van der Waals surface area (Å²) >= 11 is 6.29. The molecule has 1 saturated carbocycles. The number of rotatable bonds is 5. The number of hydrogen-bond donors (Lipinski definition) is 1. The van der Waals surface area contributed by atoms with Crippen LogP contribution in [0.15, 0.2) is 48.5 Å². The van der Waals surface area contributed by atoms with E-state index in [0.29, 0.717) is 12.0 Å². The minimum absolute atomic E-state index is 0.320. The molecule has 20 heavy (non-hydrogen) atoms. The van der Waals surface area contributed by atoms with Crippen molar-refractivity contribution in [1.82, 2.24) is 0 Å². The molecule has 3 rings (SSSR count). The second-order valence-electron chi connectivity index (χ2n) is 5.22. The van der Waals surface area contributed by atoms with Crippen LogP contribution in [0.25, 0.3) is 0 Å². The summed E-state index contributed by atoms with van der Waals surface area (Å²) in [5.41, 5.74) is 2.25. The average Bonchev–Trinajstić information content (AvgIpc) is 3.32. The van der Waals surface area contributed by atoms with Crippen molar-refractivity contribution in [1.29, 1.82) is 0 Å². The Labute approximate surface area is 124 Å². The van der Waals surface area contributed by atoms with E-state index >= 15 is 0 Å². The van der Waals surface area contributed by atoms with Gasteiger partial charge in [0.15, 0.2) is 0 Å². The number of nitrogens with one attached hydrogen (secondary N) is 1. The van der Waals surface area contributed by atoms with Crippen LogP contribution in [0.1, 0.15) is 24.4 Å². The predicted octanol–water partition coefficient (Wildman–Crippen LogP) is 4.91. The van der Waals surface area contributed by atoms with E-state index in [1.807, 2.05) is 24.3 Å². The van der Waals surface area contributed by atoms with E-state index in [4.69, 9.17) is 16.3 Å². The Morgan fingerprint density at radius 2 is 1.90 bits per heavy atom. The molecular weight excluding hydrogens is 270 g/mol. The zero-order valence-corrected chi connectivity index (χ0v) is 12.2. The third-order valence-electron chi connectivity index (χ3n) is 3.74. The maximum Gasteiger partial charge on any atom is 0.121 e. The molecule has 1 atom stereocenters. The van der Waals surface area contributed by atoms with E-state index in [9.17, 15) is 0 Å². The molecular formula is C17H18ClNO. The van der Waals surface area contributed by atoms with Crippen LogP contribution >= 0.6 is 11.6 Å². The first-order valence-electron chi connectivity index (χ1n) is 6.93. The monoisotopic (exact) mass is 287 g/mol. The van der Waals surface area contributed by atoms with Crippen molar-refractivity contribution in [2.45, 2.75) is 18.9 Å². The highest BCUT2D eigenvalue weighted by molar-refractivity contribution is 6.33. The SMILES string of the molecule is COc1ccc(Cl)c(NC(c2ccccc2)C2CC2)c1. The van der Waals surface area contributed by atoms with Crippen molar-refractivity contribution in [3.8, 4) is 5.75 Å². The molecule has 0 spiro atoms. The van der Waals surface area contributed by atoms with Crippen LogP contribution in [0.5, 0.6) is 5.75 Å². The summed E-state index contributed by atoms with van der Waals surface area (Å²) in [5, 5.41) is 4.32. The highest BCUT2D eigenvalue weighted by atomic mass is 35.5. The van der Waals surface area contributed by atoms with Crippen LogP contribution in [-0.2, 0) is 0 Å². The van der Waals surface area contributed by atoms with Gasteiger partial charge < -0.3 is 10.1 Å². The third-order valence-corrected chi connectivity index (χ3v) is 4.07. The maximum atomic E-state index is 6.29. The lowest BCUT2D eigenvalue weighted by atomic mass is 10.0. The smallest absolute Gasteiger partial charge is 0.121 e. The first-order valence-corrected chi connectivity index (χ1v) is 7.31. The van der Waals surface area contributed by atoms with Gasteiger partial charge in [0.25, 0.3) is 0 Å². The van der Waals surface area contributed by atoms with Gasteiger partial charge in [-0.2, -0.15) is 0 Å². The van der Waals surface area contributed by atoms with Gasteiger partial charge in [0, 0.05) is 6.07 Å². The highest BCUT2D eigenvalue weighted by Crippen LogP contribution is 2.44. The van der Waals surface area contributed by atoms with Crippen molar-refractivity contribution in [2.24, 2.45) is 5.92 Å². The Balaban J connectivity index is 1.87. The lowest BCUT2D eigenvalue weighted by molar-refractivity contribution is 0.415. The van der Waals surface area contributed by atoms with Gasteiger partial charge in [0.2, 0.25) is 0 Å². The fourth-order valence-electron chi connectivity index (χ4n) is 2.47. The number of benzene rings is 2. The van der Waals surface area contributed by atoms with E-state index in [2.05, 4.69) is 29.6 Å². The molecule has 2 nitrogen and oxygen atoms in total. The van der Waals surface area contributed by atoms with Gasteiger partial charge in [0.1, 0.15) is 5.75 Å². The largest absolute Gasteiger partial charge is 0.497 e. The quantitative estimate of drug-likeness (QED) is 0.843. The Kier molecular flexibility index (Phi) is 3.83. The number of ether oxygens (including phenoxy) is 1. The molecule has 0 bridgehead atoms. The van der Waals surface area contributed by atoms with E-state index in [1.165, 1.54) is 18.4 Å². The Morgan fingerprint density at radius 3 is 2.55 bits per heavy atom. The van der Waals surface area contributed by atoms with Crippen LogP contribution in [-0.4, -0.2) is 7.11 Å². The van der Waals surface area contributed by atoms with Crippen molar-refractivity contribution < 1.29 is 4.74 Å². The van der Waals surface area contributed by atoms with Gasteiger partial charge in [-0.1, -0.05) is 41.9 Å². The van der Waals surface area contributed by atoms with Crippen molar-refractivity contribution in [3.63, 3.8) is 0 Å². The van der Waals surface area contributed by atoms with Gasteiger partial charge in [-0.25, -0.2) is 0 Å². The van der Waals surface area contributed by atoms with Crippen LogP contribution in [0.3, 0.4) is 0 Å². The standard InChI is InChI=1S/C17H18ClNO/c1-20-14-9-10-15(18)16(11-14)19-17(13-7-8-13)12-5-3-2-4-6-12/h2-6,9-11,13,17,19H,7-8H2,1H3. The molecule has 3 heteroatoms. The minimum Gasteiger partial charge on any atom is -0.497 e. The van der Waals surface area contributed by atoms with Crippen LogP contribution < -0.4 is 10.1 Å². The summed E-state index contributed by atoms with van der Waals surface area (Å²) < 4.78 is 5.27. The molecule has 2 aromatic rings. The van der Waals surface area contributed by atoms with E-state index < -0.39 is 0 Å². The second kappa shape index (κ2) is 5.76. The van der Waals surface area contributed by atoms with Gasteiger partial charge in [-0.05, 0) is 36.5 Å². The maximum absolute atomic E-state index is 6.29. The van der Waals surface area contributed by atoms with Crippen molar-refractivity contribution in [3.05, 3.63) is 59.1 Å². The number of hydrogen-bond acceptors (Lipinski definition) is 2. The Hall–Kier alpha value is -1.67. The summed E-state index contributed by atoms with van der Waals surface area (Å²) in [5.74, 6) is 1.51. The molecule has 0 aromatic heterocycles. The zero-order valence-electron chi connectivity index (χ0n) is 11.5. The van der Waals surface area contributed by atoms with Crippen molar-refractivity contribution >= 4 is 17.3 Å².